The molecule has 0 fully saturated rings. The Labute approximate surface area is 121 Å². The summed E-state index contributed by atoms with van der Waals surface area (Å²) in [6, 6.07) is 5.07. The summed E-state index contributed by atoms with van der Waals surface area (Å²) in [5, 5.41) is 3.28. The van der Waals surface area contributed by atoms with Crippen molar-refractivity contribution in [2.24, 2.45) is 5.73 Å². The van der Waals surface area contributed by atoms with Crippen LogP contribution < -0.4 is 11.1 Å². The summed E-state index contributed by atoms with van der Waals surface area (Å²) in [5.74, 6) is -0.187. The molecule has 1 aromatic carbocycles. The predicted octanol–water partition coefficient (Wildman–Crippen LogP) is 2.99. The molecule has 0 radical (unpaired) electrons. The van der Waals surface area contributed by atoms with Crippen LogP contribution in [0.4, 0.5) is 0 Å². The lowest BCUT2D eigenvalue weighted by Gasteiger charge is -2.19. The van der Waals surface area contributed by atoms with Gasteiger partial charge in [-0.3, -0.25) is 4.79 Å². The van der Waals surface area contributed by atoms with Gasteiger partial charge < -0.3 is 11.1 Å². The van der Waals surface area contributed by atoms with Crippen molar-refractivity contribution in [1.82, 2.24) is 5.32 Å². The lowest BCUT2D eigenvalue weighted by molar-refractivity contribution is 0.0945. The first-order valence-electron chi connectivity index (χ1n) is 4.82. The van der Waals surface area contributed by atoms with E-state index in [4.69, 9.17) is 17.3 Å². The maximum atomic E-state index is 11.8. The Morgan fingerprint density at radius 2 is 2.12 bits per heavy atom. The first-order valence-corrected chi connectivity index (χ1v) is 5.99. The third kappa shape index (κ3) is 5.73. The van der Waals surface area contributed by atoms with Crippen molar-refractivity contribution in [1.29, 1.82) is 0 Å². The Kier molecular flexibility index (Phi) is 6.48. The highest BCUT2D eigenvalue weighted by molar-refractivity contribution is 9.10. The smallest absolute Gasteiger partial charge is 0.252 e. The van der Waals surface area contributed by atoms with Crippen molar-refractivity contribution in [2.75, 3.05) is 6.54 Å². The minimum Gasteiger partial charge on any atom is -0.350 e. The Bertz CT molecular complexity index is 405. The summed E-state index contributed by atoms with van der Waals surface area (Å²) in [6.07, 6.45) is 0. The van der Waals surface area contributed by atoms with Crippen LogP contribution in [-0.2, 0) is 0 Å². The van der Waals surface area contributed by atoms with E-state index in [-0.39, 0.29) is 18.3 Å². The summed E-state index contributed by atoms with van der Waals surface area (Å²) < 4.78 is 0.712. The van der Waals surface area contributed by atoms with Crippen LogP contribution in [0.5, 0.6) is 0 Å². The minimum absolute atomic E-state index is 0. The van der Waals surface area contributed by atoms with Crippen molar-refractivity contribution in [2.45, 2.75) is 19.4 Å². The highest BCUT2D eigenvalue weighted by atomic mass is 79.9. The van der Waals surface area contributed by atoms with Crippen LogP contribution in [-0.4, -0.2) is 18.0 Å². The summed E-state index contributed by atoms with van der Waals surface area (Å²) in [5.41, 5.74) is 5.86. The molecule has 0 aliphatic rings. The van der Waals surface area contributed by atoms with Crippen LogP contribution >= 0.6 is 39.9 Å². The van der Waals surface area contributed by atoms with Gasteiger partial charge in [-0.1, -0.05) is 11.6 Å². The maximum Gasteiger partial charge on any atom is 0.252 e. The van der Waals surface area contributed by atoms with E-state index in [9.17, 15) is 4.79 Å². The Balaban J connectivity index is 0.00000256. The van der Waals surface area contributed by atoms with Gasteiger partial charge >= 0.3 is 0 Å². The second kappa shape index (κ2) is 6.59. The monoisotopic (exact) mass is 340 g/mol. The molecule has 0 saturated heterocycles. The fourth-order valence-corrected chi connectivity index (χ4v) is 1.67. The van der Waals surface area contributed by atoms with Crippen LogP contribution in [0.2, 0.25) is 5.02 Å². The van der Waals surface area contributed by atoms with Gasteiger partial charge in [0.1, 0.15) is 0 Å². The third-order valence-corrected chi connectivity index (χ3v) is 2.80. The molecule has 96 valence electrons. The molecule has 17 heavy (non-hydrogen) atoms. The fraction of sp³-hybridized carbons (Fsp3) is 0.364. The summed E-state index contributed by atoms with van der Waals surface area (Å²) in [7, 11) is 0. The van der Waals surface area contributed by atoms with Gasteiger partial charge in [0.2, 0.25) is 0 Å². The fourth-order valence-electron chi connectivity index (χ4n) is 1.07. The molecule has 0 atom stereocenters. The molecule has 1 aromatic rings. The van der Waals surface area contributed by atoms with E-state index in [1.54, 1.807) is 18.2 Å². The van der Waals surface area contributed by atoms with Gasteiger partial charge in [0.05, 0.1) is 5.56 Å². The zero-order valence-corrected chi connectivity index (χ0v) is 12.7. The highest BCUT2D eigenvalue weighted by Gasteiger charge is 2.15. The number of hydrogen-bond acceptors (Lipinski definition) is 2. The van der Waals surface area contributed by atoms with Crippen molar-refractivity contribution in [3.8, 4) is 0 Å². The van der Waals surface area contributed by atoms with E-state index in [1.165, 1.54) is 0 Å². The average molecular weight is 342 g/mol. The van der Waals surface area contributed by atoms with Gasteiger partial charge in [0.25, 0.3) is 5.91 Å². The highest BCUT2D eigenvalue weighted by Crippen LogP contribution is 2.21. The normalized spacial score (nSPS) is 10.6. The zero-order chi connectivity index (χ0) is 12.3. The molecule has 0 unspecified atom stereocenters. The number of nitrogens with one attached hydrogen (secondary N) is 1. The summed E-state index contributed by atoms with van der Waals surface area (Å²) in [6.45, 7) is 4.10. The number of benzene rings is 1. The zero-order valence-electron chi connectivity index (χ0n) is 9.59. The SMILES string of the molecule is CC(C)(N)CNC(=O)c1cc(Cl)ccc1Br.Cl. The number of carbonyl (C=O) groups excluding carboxylic acids is 1. The van der Waals surface area contributed by atoms with E-state index in [2.05, 4.69) is 21.2 Å². The van der Waals surface area contributed by atoms with Gasteiger partial charge in [-0.15, -0.1) is 12.4 Å². The molecule has 0 spiro atoms. The quantitative estimate of drug-likeness (QED) is 0.887. The first-order chi connectivity index (χ1) is 7.29. The van der Waals surface area contributed by atoms with Gasteiger partial charge in [-0.05, 0) is 48.0 Å². The molecule has 1 rings (SSSR count). The molecule has 6 heteroatoms. The molecule has 0 saturated carbocycles. The molecular weight excluding hydrogens is 327 g/mol. The summed E-state index contributed by atoms with van der Waals surface area (Å²) in [4.78, 5) is 11.8. The second-order valence-corrected chi connectivity index (χ2v) is 5.59. The number of halogens is 3. The van der Waals surface area contributed by atoms with Crippen LogP contribution in [0, 0.1) is 0 Å². The van der Waals surface area contributed by atoms with E-state index >= 15 is 0 Å². The number of amides is 1. The van der Waals surface area contributed by atoms with Crippen LogP contribution in [0.3, 0.4) is 0 Å². The van der Waals surface area contributed by atoms with Gasteiger partial charge in [-0.2, -0.15) is 0 Å². The van der Waals surface area contributed by atoms with E-state index in [0.717, 1.165) is 0 Å². The lowest BCUT2D eigenvalue weighted by Crippen LogP contribution is -2.45. The molecule has 0 bridgehead atoms. The standard InChI is InChI=1S/C11H14BrClN2O.ClH/c1-11(2,14)6-15-10(16)8-5-7(13)3-4-9(8)12;/h3-5H,6,14H2,1-2H3,(H,15,16);1H. The Morgan fingerprint density at radius 1 is 1.53 bits per heavy atom. The van der Waals surface area contributed by atoms with Crippen LogP contribution in [0.1, 0.15) is 24.2 Å². The number of rotatable bonds is 3. The summed E-state index contributed by atoms with van der Waals surface area (Å²) >= 11 is 9.13. The molecule has 0 aliphatic carbocycles. The predicted molar refractivity (Wildman–Crippen MR) is 77.0 cm³/mol. The van der Waals surface area contributed by atoms with Crippen molar-refractivity contribution >= 4 is 45.8 Å². The minimum atomic E-state index is -0.430. The molecule has 3 nitrogen and oxygen atoms in total. The van der Waals surface area contributed by atoms with Crippen molar-refractivity contribution < 1.29 is 4.79 Å². The van der Waals surface area contributed by atoms with Crippen molar-refractivity contribution in [3.05, 3.63) is 33.3 Å². The van der Waals surface area contributed by atoms with Crippen LogP contribution in [0.15, 0.2) is 22.7 Å². The molecule has 0 aliphatic heterocycles. The molecule has 1 amide bonds. The van der Waals surface area contributed by atoms with E-state index < -0.39 is 5.54 Å². The lowest BCUT2D eigenvalue weighted by atomic mass is 10.1. The number of nitrogens with two attached hydrogens (primary N) is 1. The largest absolute Gasteiger partial charge is 0.350 e. The number of hydrogen-bond donors (Lipinski definition) is 2. The second-order valence-electron chi connectivity index (χ2n) is 4.30. The Hall–Kier alpha value is -0.290. The van der Waals surface area contributed by atoms with Crippen molar-refractivity contribution in [3.63, 3.8) is 0 Å². The average Bonchev–Trinajstić information content (AvgIpc) is 2.17. The molecule has 0 heterocycles. The first kappa shape index (κ1) is 16.7. The van der Waals surface area contributed by atoms with E-state index in [1.807, 2.05) is 13.8 Å². The topological polar surface area (TPSA) is 55.1 Å². The van der Waals surface area contributed by atoms with Gasteiger partial charge in [-0.25, -0.2) is 0 Å². The molecule has 0 aromatic heterocycles. The molecular formula is C11H15BrCl2N2O. The van der Waals surface area contributed by atoms with E-state index in [0.29, 0.717) is 21.6 Å². The third-order valence-electron chi connectivity index (χ3n) is 1.88. The van der Waals surface area contributed by atoms with Gasteiger partial charge in [0.15, 0.2) is 0 Å². The van der Waals surface area contributed by atoms with Crippen LogP contribution in [0.25, 0.3) is 0 Å². The van der Waals surface area contributed by atoms with Gasteiger partial charge in [0, 0.05) is 21.6 Å². The Morgan fingerprint density at radius 3 is 2.65 bits per heavy atom. The maximum absolute atomic E-state index is 11.8. The number of carbonyl (C=O) groups is 1. The molecule has 3 N–H and O–H groups in total.